The third-order valence-electron chi connectivity index (χ3n) is 3.42. The van der Waals surface area contributed by atoms with Gasteiger partial charge in [0.15, 0.2) is 4.34 Å². The maximum atomic E-state index is 5.65. The Morgan fingerprint density at radius 1 is 1.16 bits per heavy atom. The number of hydrogen-bond acceptors (Lipinski definition) is 4. The van der Waals surface area contributed by atoms with Gasteiger partial charge < -0.3 is 0 Å². The molecule has 0 unspecified atom stereocenters. The lowest BCUT2D eigenvalue weighted by atomic mass is 9.97. The number of nitrogens with zero attached hydrogens (tertiary/aromatic N) is 1. The number of nitrogens with two attached hydrogens (primary N) is 1. The lowest BCUT2D eigenvalue weighted by molar-refractivity contribution is 0.761. The summed E-state index contributed by atoms with van der Waals surface area (Å²) >= 11 is 2.96. The van der Waals surface area contributed by atoms with Gasteiger partial charge in [0.2, 0.25) is 0 Å². The van der Waals surface area contributed by atoms with E-state index in [0.29, 0.717) is 0 Å². The number of benzene rings is 1. The van der Waals surface area contributed by atoms with Crippen molar-refractivity contribution in [3.05, 3.63) is 23.3 Å². The Kier molecular flexibility index (Phi) is 5.67. The third kappa shape index (κ3) is 3.50. The molecular weight excluding hydrogens is 272 g/mol. The molecule has 0 spiro atoms. The van der Waals surface area contributed by atoms with Crippen LogP contribution in [0.15, 0.2) is 16.5 Å². The average molecular weight is 294 g/mol. The van der Waals surface area contributed by atoms with E-state index in [1.165, 1.54) is 65.4 Å². The van der Waals surface area contributed by atoms with Crippen molar-refractivity contribution >= 4 is 33.5 Å². The fraction of sp³-hybridized carbons (Fsp3) is 0.533. The minimum absolute atomic E-state index is 0.973. The summed E-state index contributed by atoms with van der Waals surface area (Å²) in [6.07, 6.45) is 7.28. The van der Waals surface area contributed by atoms with Gasteiger partial charge in [0, 0.05) is 0 Å². The molecule has 0 aliphatic rings. The van der Waals surface area contributed by atoms with Gasteiger partial charge in [0.1, 0.15) is 0 Å². The number of aromatic nitrogens is 1. The van der Waals surface area contributed by atoms with Gasteiger partial charge in [-0.15, -0.1) is 11.3 Å². The van der Waals surface area contributed by atoms with Crippen molar-refractivity contribution in [2.75, 3.05) is 0 Å². The fourth-order valence-electron chi connectivity index (χ4n) is 2.35. The predicted octanol–water partition coefficient (Wildman–Crippen LogP) is 4.95. The number of hydrogen-bond donors (Lipinski definition) is 1. The largest absolute Gasteiger partial charge is 0.272 e. The molecule has 1 heterocycles. The Balaban J connectivity index is 2.42. The zero-order valence-corrected chi connectivity index (χ0v) is 13.4. The lowest BCUT2D eigenvalue weighted by Crippen LogP contribution is -1.96. The maximum absolute atomic E-state index is 5.65. The first-order chi connectivity index (χ1) is 9.30. The van der Waals surface area contributed by atoms with Gasteiger partial charge in [0.25, 0.3) is 0 Å². The molecule has 2 nitrogen and oxygen atoms in total. The van der Waals surface area contributed by atoms with Crippen LogP contribution in [0.25, 0.3) is 10.2 Å². The molecule has 104 valence electrons. The SMILES string of the molecule is CCCCc1ccc2sc(SN)nc2c1CCCC. The van der Waals surface area contributed by atoms with Crippen molar-refractivity contribution in [2.45, 2.75) is 56.7 Å². The molecule has 0 amide bonds. The van der Waals surface area contributed by atoms with E-state index in [-0.39, 0.29) is 0 Å². The summed E-state index contributed by atoms with van der Waals surface area (Å²) < 4.78 is 2.25. The molecule has 0 aliphatic carbocycles. The highest BCUT2D eigenvalue weighted by molar-refractivity contribution is 7.99. The molecule has 0 saturated carbocycles. The number of aryl methyl sites for hydroxylation is 2. The highest BCUT2D eigenvalue weighted by Gasteiger charge is 2.12. The molecule has 2 N–H and O–H groups in total. The van der Waals surface area contributed by atoms with Crippen molar-refractivity contribution in [1.82, 2.24) is 4.98 Å². The Hall–Kier alpha value is -0.580. The Labute approximate surface area is 123 Å². The molecule has 0 atom stereocenters. The van der Waals surface area contributed by atoms with Crippen LogP contribution in [0.1, 0.15) is 50.7 Å². The third-order valence-corrected chi connectivity index (χ3v) is 5.07. The van der Waals surface area contributed by atoms with Crippen molar-refractivity contribution in [3.8, 4) is 0 Å². The molecule has 1 aromatic carbocycles. The summed E-state index contributed by atoms with van der Waals surface area (Å²) in [6, 6.07) is 4.51. The van der Waals surface area contributed by atoms with Crippen LogP contribution in [0.5, 0.6) is 0 Å². The lowest BCUT2D eigenvalue weighted by Gasteiger charge is -2.09. The monoisotopic (exact) mass is 294 g/mol. The first-order valence-corrected chi connectivity index (χ1v) is 8.77. The van der Waals surface area contributed by atoms with Gasteiger partial charge in [-0.3, -0.25) is 5.14 Å². The van der Waals surface area contributed by atoms with Crippen molar-refractivity contribution in [1.29, 1.82) is 0 Å². The van der Waals surface area contributed by atoms with E-state index >= 15 is 0 Å². The molecular formula is C15H22N2S2. The summed E-state index contributed by atoms with van der Waals surface area (Å²) in [5.41, 5.74) is 4.14. The van der Waals surface area contributed by atoms with Gasteiger partial charge in [-0.05, 0) is 54.8 Å². The van der Waals surface area contributed by atoms with E-state index in [1.807, 2.05) is 0 Å². The first-order valence-electron chi connectivity index (χ1n) is 7.08. The van der Waals surface area contributed by atoms with Gasteiger partial charge >= 0.3 is 0 Å². The van der Waals surface area contributed by atoms with Crippen LogP contribution < -0.4 is 5.14 Å². The topological polar surface area (TPSA) is 38.9 Å². The van der Waals surface area contributed by atoms with E-state index in [2.05, 4.69) is 26.0 Å². The minimum atomic E-state index is 0.973. The smallest absolute Gasteiger partial charge is 0.165 e. The zero-order chi connectivity index (χ0) is 13.7. The fourth-order valence-corrected chi connectivity index (χ4v) is 3.69. The molecule has 4 heteroatoms. The summed E-state index contributed by atoms with van der Waals surface area (Å²) in [4.78, 5) is 4.71. The summed E-state index contributed by atoms with van der Waals surface area (Å²) in [7, 11) is 0. The first kappa shape index (κ1) is 14.8. The molecule has 19 heavy (non-hydrogen) atoms. The standard InChI is InChI=1S/C15H22N2S2/c1-3-5-7-11-9-10-13-14(12(11)8-6-4-2)17-15(18-13)19-16/h9-10H,3-8,16H2,1-2H3. The van der Waals surface area contributed by atoms with Gasteiger partial charge in [-0.25, -0.2) is 4.98 Å². The van der Waals surface area contributed by atoms with E-state index in [4.69, 9.17) is 10.1 Å². The molecule has 0 aliphatic heterocycles. The predicted molar refractivity (Wildman–Crippen MR) is 86.9 cm³/mol. The Bertz CT molecular complexity index is 534. The van der Waals surface area contributed by atoms with Crippen molar-refractivity contribution in [3.63, 3.8) is 0 Å². The normalized spacial score (nSPS) is 11.3. The van der Waals surface area contributed by atoms with Gasteiger partial charge in [0.05, 0.1) is 10.2 Å². The number of thiazole rings is 1. The van der Waals surface area contributed by atoms with Gasteiger partial charge in [-0.1, -0.05) is 32.8 Å². The van der Waals surface area contributed by atoms with Crippen molar-refractivity contribution in [2.24, 2.45) is 5.14 Å². The van der Waals surface area contributed by atoms with Crippen LogP contribution in [-0.2, 0) is 12.8 Å². The highest BCUT2D eigenvalue weighted by Crippen LogP contribution is 2.32. The summed E-state index contributed by atoms with van der Waals surface area (Å²) in [6.45, 7) is 4.49. The van der Waals surface area contributed by atoms with E-state index in [9.17, 15) is 0 Å². The molecule has 0 bridgehead atoms. The molecule has 0 fully saturated rings. The number of rotatable bonds is 7. The van der Waals surface area contributed by atoms with Crippen LogP contribution in [0.2, 0.25) is 0 Å². The van der Waals surface area contributed by atoms with Crippen LogP contribution in [-0.4, -0.2) is 4.98 Å². The van der Waals surface area contributed by atoms with Crippen LogP contribution in [0, 0.1) is 0 Å². The summed E-state index contributed by atoms with van der Waals surface area (Å²) in [5.74, 6) is 0. The quantitative estimate of drug-likeness (QED) is 0.734. The van der Waals surface area contributed by atoms with Crippen molar-refractivity contribution < 1.29 is 0 Å². The molecule has 0 radical (unpaired) electrons. The molecule has 1 aromatic heterocycles. The summed E-state index contributed by atoms with van der Waals surface area (Å²) in [5, 5.41) is 5.65. The average Bonchev–Trinajstić information content (AvgIpc) is 2.86. The highest BCUT2D eigenvalue weighted by atomic mass is 32.2. The molecule has 0 saturated heterocycles. The molecule has 2 aromatic rings. The van der Waals surface area contributed by atoms with Crippen LogP contribution in [0.3, 0.4) is 0 Å². The van der Waals surface area contributed by atoms with E-state index in [0.717, 1.165) is 10.8 Å². The number of unbranched alkanes of at least 4 members (excludes halogenated alkanes) is 2. The second-order valence-corrected chi connectivity index (χ2v) is 6.77. The molecule has 2 rings (SSSR count). The van der Waals surface area contributed by atoms with E-state index in [1.54, 1.807) is 11.3 Å². The van der Waals surface area contributed by atoms with Crippen LogP contribution in [0.4, 0.5) is 0 Å². The van der Waals surface area contributed by atoms with E-state index < -0.39 is 0 Å². The minimum Gasteiger partial charge on any atom is -0.272 e. The number of fused-ring (bicyclic) bond motifs is 1. The van der Waals surface area contributed by atoms with Crippen LogP contribution >= 0.6 is 23.3 Å². The van der Waals surface area contributed by atoms with Gasteiger partial charge in [-0.2, -0.15) is 0 Å². The Morgan fingerprint density at radius 2 is 1.89 bits per heavy atom. The maximum Gasteiger partial charge on any atom is 0.165 e. The second kappa shape index (κ2) is 7.27. The Morgan fingerprint density at radius 3 is 2.58 bits per heavy atom. The second-order valence-electron chi connectivity index (χ2n) is 4.85. The zero-order valence-electron chi connectivity index (χ0n) is 11.7.